The lowest BCUT2D eigenvalue weighted by Crippen LogP contribution is -2.60. The van der Waals surface area contributed by atoms with Crippen molar-refractivity contribution >= 4 is 17.5 Å². The molecular weight excluding hydrogens is 374 g/mol. The van der Waals surface area contributed by atoms with E-state index in [1.54, 1.807) is 37.3 Å². The van der Waals surface area contributed by atoms with Crippen molar-refractivity contribution in [2.75, 3.05) is 7.11 Å². The van der Waals surface area contributed by atoms with Gasteiger partial charge in [-0.15, -0.1) is 0 Å². The molecule has 0 aliphatic carbocycles. The molecule has 154 valence electrons. The zero-order chi connectivity index (χ0) is 21.2. The summed E-state index contributed by atoms with van der Waals surface area (Å²) in [4.78, 5) is 39.1. The van der Waals surface area contributed by atoms with Gasteiger partial charge in [0, 0.05) is 24.7 Å². The number of amides is 1. The first-order valence-electron chi connectivity index (χ1n) is 9.59. The molecular formula is C22H25NO6. The molecule has 2 aliphatic rings. The first-order chi connectivity index (χ1) is 13.8. The molecule has 1 saturated heterocycles. The Kier molecular flexibility index (Phi) is 5.73. The van der Waals surface area contributed by atoms with Gasteiger partial charge in [0.25, 0.3) is 11.5 Å². The van der Waals surface area contributed by atoms with Crippen LogP contribution in [0.5, 0.6) is 0 Å². The Balaban J connectivity index is 1.94. The standard InChI is InChI=1S/C22H25NO6/c1-4-5-6-10-13-16-14(2)17(24)21(29-16)19(26)22(28-3,23-20(21)27)18(25)15-11-8-7-9-12-15/h5-9,11-12,19,26H,4,10,13H2,1-3H3,(H,23,27)/b6-5+/t19-,21?,22+/m1/s1. The summed E-state index contributed by atoms with van der Waals surface area (Å²) in [7, 11) is 1.19. The third kappa shape index (κ3) is 3.10. The van der Waals surface area contributed by atoms with Crippen molar-refractivity contribution in [3.8, 4) is 0 Å². The average Bonchev–Trinajstić information content (AvgIpc) is 3.13. The predicted molar refractivity (Wildman–Crippen MR) is 105 cm³/mol. The van der Waals surface area contributed by atoms with E-state index in [4.69, 9.17) is 9.47 Å². The van der Waals surface area contributed by atoms with E-state index in [9.17, 15) is 19.5 Å². The van der Waals surface area contributed by atoms with Gasteiger partial charge in [-0.2, -0.15) is 0 Å². The van der Waals surface area contributed by atoms with Crippen molar-refractivity contribution in [1.82, 2.24) is 5.32 Å². The Morgan fingerprint density at radius 3 is 2.59 bits per heavy atom. The lowest BCUT2D eigenvalue weighted by molar-refractivity contribution is -0.160. The third-order valence-electron chi connectivity index (χ3n) is 5.42. The van der Waals surface area contributed by atoms with Crippen LogP contribution in [0.3, 0.4) is 0 Å². The molecule has 2 heterocycles. The Morgan fingerprint density at radius 1 is 1.28 bits per heavy atom. The summed E-state index contributed by atoms with van der Waals surface area (Å²) in [5.41, 5.74) is -3.85. The minimum Gasteiger partial charge on any atom is -0.470 e. The zero-order valence-electron chi connectivity index (χ0n) is 16.7. The van der Waals surface area contributed by atoms with E-state index in [1.165, 1.54) is 7.11 Å². The van der Waals surface area contributed by atoms with Crippen LogP contribution in [-0.2, 0) is 19.1 Å². The Labute approximate surface area is 169 Å². The number of allylic oxidation sites excluding steroid dienone is 3. The molecule has 3 rings (SSSR count). The minimum atomic E-state index is -2.23. The Morgan fingerprint density at radius 2 is 1.97 bits per heavy atom. The van der Waals surface area contributed by atoms with Crippen LogP contribution in [0.2, 0.25) is 0 Å². The molecule has 0 saturated carbocycles. The number of nitrogens with one attached hydrogen (secondary N) is 1. The van der Waals surface area contributed by atoms with Crippen molar-refractivity contribution in [2.24, 2.45) is 0 Å². The highest BCUT2D eigenvalue weighted by atomic mass is 16.6. The number of ketones is 2. The maximum atomic E-state index is 13.1. The van der Waals surface area contributed by atoms with Gasteiger partial charge < -0.3 is 19.9 Å². The number of carbonyl (C=O) groups is 3. The summed E-state index contributed by atoms with van der Waals surface area (Å²) in [6.45, 7) is 3.57. The van der Waals surface area contributed by atoms with Crippen molar-refractivity contribution in [2.45, 2.75) is 50.5 Å². The molecule has 7 nitrogen and oxygen atoms in total. The summed E-state index contributed by atoms with van der Waals surface area (Å²) in [5, 5.41) is 13.5. The van der Waals surface area contributed by atoms with Crippen LogP contribution in [0.15, 0.2) is 53.8 Å². The van der Waals surface area contributed by atoms with E-state index >= 15 is 0 Å². The van der Waals surface area contributed by atoms with Crippen molar-refractivity contribution in [3.63, 3.8) is 0 Å². The van der Waals surface area contributed by atoms with E-state index in [0.29, 0.717) is 18.6 Å². The predicted octanol–water partition coefficient (Wildman–Crippen LogP) is 2.06. The van der Waals surface area contributed by atoms with Crippen LogP contribution < -0.4 is 5.32 Å². The Bertz CT molecular complexity index is 890. The van der Waals surface area contributed by atoms with E-state index < -0.39 is 34.9 Å². The van der Waals surface area contributed by atoms with Crippen molar-refractivity contribution in [1.29, 1.82) is 0 Å². The quantitative estimate of drug-likeness (QED) is 0.413. The van der Waals surface area contributed by atoms with Gasteiger partial charge in [0.15, 0.2) is 6.10 Å². The molecule has 1 amide bonds. The van der Waals surface area contributed by atoms with Gasteiger partial charge >= 0.3 is 0 Å². The minimum absolute atomic E-state index is 0.228. The molecule has 0 radical (unpaired) electrons. The summed E-state index contributed by atoms with van der Waals surface area (Å²) in [6, 6.07) is 8.12. The van der Waals surface area contributed by atoms with Crippen LogP contribution >= 0.6 is 0 Å². The number of rotatable bonds is 7. The number of aliphatic hydroxyl groups excluding tert-OH is 1. The van der Waals surface area contributed by atoms with E-state index in [2.05, 4.69) is 5.32 Å². The first kappa shape index (κ1) is 21.0. The lowest BCUT2D eigenvalue weighted by atomic mass is 9.85. The van der Waals surface area contributed by atoms with Gasteiger partial charge in [0.1, 0.15) is 5.76 Å². The average molecular weight is 399 g/mol. The molecule has 0 aromatic heterocycles. The van der Waals surface area contributed by atoms with Gasteiger partial charge in [0.05, 0.1) is 0 Å². The molecule has 1 aromatic rings. The highest BCUT2D eigenvalue weighted by Gasteiger charge is 2.73. The number of benzene rings is 1. The normalized spacial score (nSPS) is 29.0. The molecule has 3 atom stereocenters. The molecule has 29 heavy (non-hydrogen) atoms. The van der Waals surface area contributed by atoms with Crippen LogP contribution in [0.25, 0.3) is 0 Å². The molecule has 1 aromatic carbocycles. The van der Waals surface area contributed by atoms with E-state index in [-0.39, 0.29) is 11.1 Å². The van der Waals surface area contributed by atoms with Crippen LogP contribution in [-0.4, -0.2) is 47.1 Å². The molecule has 1 fully saturated rings. The Hall–Kier alpha value is -2.77. The summed E-state index contributed by atoms with van der Waals surface area (Å²) in [6.07, 6.45) is 4.02. The largest absolute Gasteiger partial charge is 0.470 e. The van der Waals surface area contributed by atoms with Crippen molar-refractivity contribution in [3.05, 3.63) is 59.4 Å². The second kappa shape index (κ2) is 7.93. The van der Waals surface area contributed by atoms with Gasteiger partial charge in [-0.25, -0.2) is 0 Å². The highest BCUT2D eigenvalue weighted by Crippen LogP contribution is 2.44. The molecule has 2 N–H and O–H groups in total. The fourth-order valence-corrected chi connectivity index (χ4v) is 3.77. The summed E-state index contributed by atoms with van der Waals surface area (Å²) < 4.78 is 11.1. The van der Waals surface area contributed by atoms with Gasteiger partial charge in [-0.05, 0) is 19.8 Å². The molecule has 1 spiro atoms. The van der Waals surface area contributed by atoms with E-state index in [0.717, 1.165) is 6.42 Å². The summed E-state index contributed by atoms with van der Waals surface area (Å²) in [5.74, 6) is -1.87. The van der Waals surface area contributed by atoms with Gasteiger partial charge in [-0.3, -0.25) is 14.4 Å². The number of aliphatic hydroxyl groups is 1. The van der Waals surface area contributed by atoms with Gasteiger partial charge in [-0.1, -0.05) is 49.4 Å². The van der Waals surface area contributed by atoms with Crippen LogP contribution in [0, 0.1) is 0 Å². The smallest absolute Gasteiger partial charge is 0.278 e. The number of methoxy groups -OCH3 is 1. The summed E-state index contributed by atoms with van der Waals surface area (Å²) >= 11 is 0. The molecule has 1 unspecified atom stereocenters. The lowest BCUT2D eigenvalue weighted by Gasteiger charge is -2.32. The number of Topliss-reactive ketones (excluding diaryl/α,β-unsaturated/α-hetero) is 2. The number of carbonyl (C=O) groups excluding carboxylic acids is 3. The molecule has 0 bridgehead atoms. The first-order valence-corrected chi connectivity index (χ1v) is 9.59. The highest BCUT2D eigenvalue weighted by molar-refractivity contribution is 6.23. The number of ether oxygens (including phenoxy) is 2. The fourth-order valence-electron chi connectivity index (χ4n) is 3.77. The maximum Gasteiger partial charge on any atom is 0.278 e. The van der Waals surface area contributed by atoms with E-state index in [1.807, 2.05) is 19.1 Å². The molecule has 2 aliphatic heterocycles. The zero-order valence-corrected chi connectivity index (χ0v) is 16.7. The van der Waals surface area contributed by atoms with Crippen LogP contribution in [0.4, 0.5) is 0 Å². The molecule has 7 heteroatoms. The second-order valence-corrected chi connectivity index (χ2v) is 7.12. The fraction of sp³-hybridized carbons (Fsp3) is 0.409. The third-order valence-corrected chi connectivity index (χ3v) is 5.42. The van der Waals surface area contributed by atoms with Crippen LogP contribution in [0.1, 0.15) is 43.5 Å². The number of hydrogen-bond acceptors (Lipinski definition) is 6. The number of hydrogen-bond donors (Lipinski definition) is 2. The van der Waals surface area contributed by atoms with Gasteiger partial charge in [0.2, 0.25) is 17.3 Å². The maximum absolute atomic E-state index is 13.1. The SMILES string of the molecule is CC/C=C/CCC1=C(C)C(=O)C2(O1)C(=O)N[C@](OC)(C(=O)c1ccccc1)[C@@H]2O. The topological polar surface area (TPSA) is 102 Å². The van der Waals surface area contributed by atoms with Crippen molar-refractivity contribution < 1.29 is 29.0 Å². The second-order valence-electron chi connectivity index (χ2n) is 7.12. The monoisotopic (exact) mass is 399 g/mol.